The van der Waals surface area contributed by atoms with Crippen LogP contribution >= 0.6 is 11.8 Å². The molecule has 0 bridgehead atoms. The van der Waals surface area contributed by atoms with Gasteiger partial charge in [-0.05, 0) is 77.9 Å². The van der Waals surface area contributed by atoms with E-state index in [0.717, 1.165) is 40.4 Å². The average molecular weight is 1250 g/mol. The molecule has 5 heterocycles. The number of hydrogen-bond acceptors (Lipinski definition) is 18. The minimum atomic E-state index is -4.94. The molecule has 8 N–H and O–H groups in total. The molecular formula is C57H70F3N13O14S. The number of carbonyl (C=O) groups excluding carboxylic acids is 6. The standard InChI is InChI=1S/C57H70F3N13O14S/c1-56(2)28-43(74)49(44(75)29-56)38(14-18-84-20-22-86-24-25-87-23-21-85-19-16-62-46(76)7-4-3-6-45-50-40(33-88-45)66-55(83)67-50)61-15-5-8-47(77)64-35-9-11-36(12-10-35)73-69-51(68-70-73)52(80)63-30-34-13-17-71(31-34)41-27-42-39(26-37(41)57(58,59)60)65-53(81)54(82)72(42)32-48(78)79/h9-13,17,26-27,31,40,45,50,61H,3-8,14-16,18-25,28-30,32-33H2,1-2H3,(H,62,76)(H,63,80)(H,64,77)(H,65,81)(H,78,79)(H2,66,67,83)/t40-,45-,50-/m0/s1. The van der Waals surface area contributed by atoms with Gasteiger partial charge in [0.2, 0.25) is 11.8 Å². The SMILES string of the molecule is CC1(C)CC(=O)C(=C(CCOCCOCCOCCOCCNC(=O)CCCC[C@@H]2SC[C@@H]3NC(=O)N[C@@H]32)NCCCC(=O)Nc2ccc(-n3nnc(C(=O)NCc4ccn(-c5cc6c(cc5C(F)(F)F)[nH]c(=O)c(=O)n6CC(=O)O)c4)n3)cc2)C(=O)C1. The summed E-state index contributed by atoms with van der Waals surface area (Å²) in [5.74, 6) is -2.51. The number of ether oxygens (including phenoxy) is 4. The second-order valence-corrected chi connectivity index (χ2v) is 23.2. The van der Waals surface area contributed by atoms with Crippen LogP contribution in [0.4, 0.5) is 23.7 Å². The number of Topliss-reactive ketones (excluding diaryl/α,β-unsaturated/α-hetero) is 2. The highest BCUT2D eigenvalue weighted by Crippen LogP contribution is 2.37. The van der Waals surface area contributed by atoms with Gasteiger partial charge < -0.3 is 65.5 Å². The number of H-pyrrole nitrogens is 1. The molecule has 0 unspecified atom stereocenters. The number of allylic oxidation sites excluding steroid dienone is 1. The first-order valence-corrected chi connectivity index (χ1v) is 29.7. The van der Waals surface area contributed by atoms with Gasteiger partial charge in [0.15, 0.2) is 11.6 Å². The Bertz CT molecular complexity index is 3470. The van der Waals surface area contributed by atoms with Crippen molar-refractivity contribution in [1.82, 2.24) is 60.9 Å². The number of aromatic nitrogens is 7. The monoisotopic (exact) mass is 1250 g/mol. The Morgan fingerprint density at radius 1 is 0.795 bits per heavy atom. The lowest BCUT2D eigenvalue weighted by molar-refractivity contribution is -0.138. The number of amides is 5. The molecule has 27 nitrogen and oxygen atoms in total. The molecule has 0 spiro atoms. The van der Waals surface area contributed by atoms with E-state index in [-0.39, 0.29) is 110 Å². The maximum Gasteiger partial charge on any atom is 0.418 e. The van der Waals surface area contributed by atoms with Crippen LogP contribution in [0.2, 0.25) is 0 Å². The number of thioether (sulfide) groups is 1. The fourth-order valence-electron chi connectivity index (χ4n) is 10.3. The van der Waals surface area contributed by atoms with Gasteiger partial charge in [-0.1, -0.05) is 20.3 Å². The van der Waals surface area contributed by atoms with Crippen molar-refractivity contribution < 1.29 is 70.8 Å². The van der Waals surface area contributed by atoms with Crippen LogP contribution in [0.1, 0.15) is 93.4 Å². The smallest absolute Gasteiger partial charge is 0.418 e. The van der Waals surface area contributed by atoms with Crippen molar-refractivity contribution in [3.63, 3.8) is 0 Å². The summed E-state index contributed by atoms with van der Waals surface area (Å²) in [4.78, 5) is 116. The predicted molar refractivity (Wildman–Crippen MR) is 312 cm³/mol. The van der Waals surface area contributed by atoms with Crippen LogP contribution in [0.15, 0.2) is 75.7 Å². The van der Waals surface area contributed by atoms with Gasteiger partial charge in [0.05, 0.1) is 98.5 Å². The van der Waals surface area contributed by atoms with Gasteiger partial charge in [-0.25, -0.2) is 4.79 Å². The second kappa shape index (κ2) is 30.6. The Hall–Kier alpha value is -8.26. The zero-order valence-corrected chi connectivity index (χ0v) is 49.3. The van der Waals surface area contributed by atoms with E-state index in [9.17, 15) is 61.4 Å². The number of unbranched alkanes of at least 4 members (excludes halogenated alkanes) is 1. The number of benzene rings is 2. The fraction of sp³-hybridized carbons (Fsp3) is 0.509. The molecule has 0 radical (unpaired) electrons. The average Bonchev–Trinajstić information content (AvgIpc) is 1.77. The Morgan fingerprint density at radius 3 is 2.17 bits per heavy atom. The van der Waals surface area contributed by atoms with Crippen molar-refractivity contribution in [2.75, 3.05) is 77.0 Å². The molecule has 2 saturated heterocycles. The number of anilines is 1. The number of nitrogens with one attached hydrogen (secondary N) is 7. The van der Waals surface area contributed by atoms with Gasteiger partial charge in [0, 0.05) is 86.5 Å². The van der Waals surface area contributed by atoms with Gasteiger partial charge >= 0.3 is 29.3 Å². The first-order valence-electron chi connectivity index (χ1n) is 28.7. The highest BCUT2D eigenvalue weighted by Gasteiger charge is 2.43. The van der Waals surface area contributed by atoms with Gasteiger partial charge in [-0.15, -0.1) is 15.0 Å². The van der Waals surface area contributed by atoms with Crippen LogP contribution in [-0.2, 0) is 62.2 Å². The molecular weight excluding hydrogens is 1180 g/mol. The van der Waals surface area contributed by atoms with Crippen molar-refractivity contribution in [2.24, 2.45) is 5.41 Å². The summed E-state index contributed by atoms with van der Waals surface area (Å²) in [6.45, 7) is 5.79. The molecule has 2 aromatic carbocycles. The van der Waals surface area contributed by atoms with E-state index in [1.165, 1.54) is 18.5 Å². The molecule has 2 aliphatic heterocycles. The third-order valence-corrected chi connectivity index (χ3v) is 16.0. The maximum absolute atomic E-state index is 14.3. The number of nitrogens with zero attached hydrogens (tertiary/aromatic N) is 6. The minimum Gasteiger partial charge on any atom is -0.480 e. The first kappa shape index (κ1) is 65.7. The van der Waals surface area contributed by atoms with Crippen molar-refractivity contribution in [3.8, 4) is 11.4 Å². The van der Waals surface area contributed by atoms with Crippen molar-refractivity contribution in [1.29, 1.82) is 0 Å². The lowest BCUT2D eigenvalue weighted by Crippen LogP contribution is -2.38. The number of alkyl halides is 3. The van der Waals surface area contributed by atoms with Gasteiger partial charge in [-0.2, -0.15) is 24.9 Å². The number of halogens is 3. The summed E-state index contributed by atoms with van der Waals surface area (Å²) in [6, 6.07) is 9.56. The van der Waals surface area contributed by atoms with Gasteiger partial charge in [-0.3, -0.25) is 42.9 Å². The molecule has 3 aliphatic rings. The minimum absolute atomic E-state index is 0.0132. The van der Waals surface area contributed by atoms with Crippen LogP contribution < -0.4 is 43.0 Å². The molecule has 3 aromatic heterocycles. The zero-order valence-electron chi connectivity index (χ0n) is 48.5. The van der Waals surface area contributed by atoms with Crippen molar-refractivity contribution in [2.45, 2.75) is 108 Å². The lowest BCUT2D eigenvalue weighted by atomic mass is 9.73. The summed E-state index contributed by atoms with van der Waals surface area (Å²) < 4.78 is 67.0. The molecule has 31 heteroatoms. The van der Waals surface area contributed by atoms with Crippen LogP contribution in [0.5, 0.6) is 0 Å². The predicted octanol–water partition coefficient (Wildman–Crippen LogP) is 3.31. The van der Waals surface area contributed by atoms with Gasteiger partial charge in [0.25, 0.3) is 11.7 Å². The van der Waals surface area contributed by atoms with E-state index in [1.807, 2.05) is 25.6 Å². The topological polar surface area (TPSA) is 352 Å². The third kappa shape index (κ3) is 18.4. The number of hydrogen-bond donors (Lipinski definition) is 8. The number of ketones is 2. The molecule has 474 valence electrons. The molecule has 3 fully saturated rings. The Morgan fingerprint density at radius 2 is 1.48 bits per heavy atom. The van der Waals surface area contributed by atoms with E-state index in [2.05, 4.69) is 52.3 Å². The number of tetrazole rings is 1. The third-order valence-electron chi connectivity index (χ3n) is 14.5. The van der Waals surface area contributed by atoms with Crippen molar-refractivity contribution >= 4 is 69.8 Å². The molecule has 5 amide bonds. The summed E-state index contributed by atoms with van der Waals surface area (Å²) in [6.07, 6.45) is 1.86. The number of aromatic amines is 1. The second-order valence-electron chi connectivity index (χ2n) is 21.9. The Balaban J connectivity index is 0.700. The summed E-state index contributed by atoms with van der Waals surface area (Å²) in [7, 11) is 0. The van der Waals surface area contributed by atoms with E-state index in [1.54, 1.807) is 24.3 Å². The van der Waals surface area contributed by atoms with Gasteiger partial charge in [0.1, 0.15) is 6.54 Å². The van der Waals surface area contributed by atoms with Crippen LogP contribution in [0, 0.1) is 5.41 Å². The van der Waals surface area contributed by atoms with E-state index in [0.29, 0.717) is 97.5 Å². The highest BCUT2D eigenvalue weighted by atomic mass is 32.2. The number of fused-ring (bicyclic) bond motifs is 2. The molecule has 3 atom stereocenters. The van der Waals surface area contributed by atoms with E-state index >= 15 is 0 Å². The summed E-state index contributed by atoms with van der Waals surface area (Å²) in [5.41, 5.74) is -3.63. The van der Waals surface area contributed by atoms with Crippen molar-refractivity contribution in [3.05, 3.63) is 104 Å². The van der Waals surface area contributed by atoms with Crippen LogP contribution in [0.3, 0.4) is 0 Å². The summed E-state index contributed by atoms with van der Waals surface area (Å²) in [5, 5.41) is 38.9. The number of carboxylic acid groups (broad SMARTS) is 1. The highest BCUT2D eigenvalue weighted by molar-refractivity contribution is 8.00. The molecule has 8 rings (SSSR count). The number of carbonyl (C=O) groups is 7. The normalized spacial score (nSPS) is 17.2. The number of carboxylic acids is 1. The maximum atomic E-state index is 14.3. The quantitative estimate of drug-likeness (QED) is 0.00982. The Labute approximate surface area is 505 Å². The van der Waals surface area contributed by atoms with Crippen LogP contribution in [-0.4, -0.2) is 170 Å². The lowest BCUT2D eigenvalue weighted by Gasteiger charge is -2.30. The van der Waals surface area contributed by atoms with E-state index in [4.69, 9.17) is 18.9 Å². The van der Waals surface area contributed by atoms with Crippen LogP contribution in [0.25, 0.3) is 22.4 Å². The first-order chi connectivity index (χ1) is 42.1. The molecule has 1 aliphatic carbocycles. The molecule has 88 heavy (non-hydrogen) atoms. The Kier molecular flexibility index (Phi) is 22.8. The number of aliphatic carboxylic acids is 1. The fourth-order valence-corrected chi connectivity index (χ4v) is 11.8. The summed E-state index contributed by atoms with van der Waals surface area (Å²) >= 11 is 1.87. The molecule has 5 aromatic rings. The largest absolute Gasteiger partial charge is 0.480 e. The number of urea groups is 1. The van der Waals surface area contributed by atoms with E-state index < -0.39 is 57.9 Å². The number of rotatable bonds is 33. The zero-order chi connectivity index (χ0) is 63.0. The molecule has 1 saturated carbocycles.